The van der Waals surface area contributed by atoms with Crippen LogP contribution in [0, 0.1) is 29.1 Å². The van der Waals surface area contributed by atoms with Gasteiger partial charge in [-0.2, -0.15) is 0 Å². The molecule has 3 heteroatoms. The van der Waals surface area contributed by atoms with E-state index in [9.17, 15) is 9.90 Å². The predicted octanol–water partition coefficient (Wildman–Crippen LogP) is 2.76. The highest BCUT2D eigenvalue weighted by molar-refractivity contribution is 5.72. The van der Waals surface area contributed by atoms with Crippen LogP contribution in [0.4, 0.5) is 0 Å². The van der Waals surface area contributed by atoms with Gasteiger partial charge in [0.15, 0.2) is 0 Å². The molecule has 0 aromatic heterocycles. The first-order valence-corrected chi connectivity index (χ1v) is 7.27. The average Bonchev–Trinajstić information content (AvgIpc) is 2.83. The molecule has 0 spiro atoms. The van der Waals surface area contributed by atoms with Gasteiger partial charge in [0.1, 0.15) is 0 Å². The standard InChI is InChI=1S/C15H27NO2/c1-9(15(2,3)4)8-16-13-11-6-5-10(7-11)12(13)14(17)18/h9-13,16H,5-8H2,1-4H3,(H,17,18). The minimum absolute atomic E-state index is 0.143. The van der Waals surface area contributed by atoms with Crippen molar-refractivity contribution in [2.75, 3.05) is 6.54 Å². The van der Waals surface area contributed by atoms with E-state index >= 15 is 0 Å². The molecular weight excluding hydrogens is 226 g/mol. The molecule has 0 aromatic rings. The lowest BCUT2D eigenvalue weighted by Gasteiger charge is -2.33. The fraction of sp³-hybridized carbons (Fsp3) is 0.933. The molecule has 2 bridgehead atoms. The van der Waals surface area contributed by atoms with Crippen LogP contribution in [-0.4, -0.2) is 23.7 Å². The average molecular weight is 253 g/mol. The van der Waals surface area contributed by atoms with Crippen LogP contribution in [-0.2, 0) is 4.79 Å². The van der Waals surface area contributed by atoms with Crippen molar-refractivity contribution >= 4 is 5.97 Å². The number of rotatable bonds is 4. The monoisotopic (exact) mass is 253 g/mol. The van der Waals surface area contributed by atoms with Gasteiger partial charge in [0.25, 0.3) is 0 Å². The Balaban J connectivity index is 1.94. The summed E-state index contributed by atoms with van der Waals surface area (Å²) in [4.78, 5) is 11.4. The van der Waals surface area contributed by atoms with E-state index in [-0.39, 0.29) is 17.4 Å². The van der Waals surface area contributed by atoms with E-state index in [1.165, 1.54) is 6.42 Å². The fourth-order valence-corrected chi connectivity index (χ4v) is 3.56. The summed E-state index contributed by atoms with van der Waals surface area (Å²) in [6.45, 7) is 9.91. The van der Waals surface area contributed by atoms with E-state index in [1.54, 1.807) is 0 Å². The van der Waals surface area contributed by atoms with Crippen LogP contribution in [0.15, 0.2) is 0 Å². The summed E-state index contributed by atoms with van der Waals surface area (Å²) in [5, 5.41) is 13.0. The van der Waals surface area contributed by atoms with Gasteiger partial charge in [-0.15, -0.1) is 0 Å². The Labute approximate surface area is 110 Å². The minimum Gasteiger partial charge on any atom is -0.481 e. The second-order valence-corrected chi connectivity index (χ2v) is 7.40. The summed E-state index contributed by atoms with van der Waals surface area (Å²) in [6.07, 6.45) is 3.46. The molecule has 0 saturated heterocycles. The molecule has 2 N–H and O–H groups in total. The molecule has 2 aliphatic rings. The molecule has 2 saturated carbocycles. The zero-order valence-corrected chi connectivity index (χ0v) is 12.1. The van der Waals surface area contributed by atoms with Gasteiger partial charge < -0.3 is 10.4 Å². The molecule has 0 heterocycles. The smallest absolute Gasteiger partial charge is 0.308 e. The van der Waals surface area contributed by atoms with Crippen LogP contribution >= 0.6 is 0 Å². The summed E-state index contributed by atoms with van der Waals surface area (Å²) in [5.41, 5.74) is 0.281. The van der Waals surface area contributed by atoms with Crippen molar-refractivity contribution in [3.8, 4) is 0 Å². The number of aliphatic carboxylic acids is 1. The van der Waals surface area contributed by atoms with Gasteiger partial charge in [-0.25, -0.2) is 0 Å². The first-order chi connectivity index (χ1) is 8.30. The van der Waals surface area contributed by atoms with Crippen LogP contribution < -0.4 is 5.32 Å². The molecule has 0 aliphatic heterocycles. The normalized spacial score (nSPS) is 36.9. The summed E-state index contributed by atoms with van der Waals surface area (Å²) >= 11 is 0. The Morgan fingerprint density at radius 2 is 1.94 bits per heavy atom. The molecule has 104 valence electrons. The molecular formula is C15H27NO2. The van der Waals surface area contributed by atoms with Gasteiger partial charge in [-0.3, -0.25) is 4.79 Å². The van der Waals surface area contributed by atoms with Crippen molar-refractivity contribution in [2.24, 2.45) is 29.1 Å². The molecule has 18 heavy (non-hydrogen) atoms. The van der Waals surface area contributed by atoms with Gasteiger partial charge in [-0.1, -0.05) is 27.7 Å². The quantitative estimate of drug-likeness (QED) is 0.810. The lowest BCUT2D eigenvalue weighted by atomic mass is 9.80. The van der Waals surface area contributed by atoms with Crippen molar-refractivity contribution in [1.29, 1.82) is 0 Å². The molecule has 2 rings (SSSR count). The number of hydrogen-bond acceptors (Lipinski definition) is 2. The third kappa shape index (κ3) is 2.56. The highest BCUT2D eigenvalue weighted by Crippen LogP contribution is 2.48. The van der Waals surface area contributed by atoms with E-state index in [0.717, 1.165) is 19.4 Å². The lowest BCUT2D eigenvalue weighted by molar-refractivity contribution is -0.144. The minimum atomic E-state index is -0.594. The van der Waals surface area contributed by atoms with Crippen molar-refractivity contribution in [3.05, 3.63) is 0 Å². The van der Waals surface area contributed by atoms with Crippen LogP contribution in [0.5, 0.6) is 0 Å². The molecule has 5 atom stereocenters. The van der Waals surface area contributed by atoms with E-state index in [1.807, 2.05) is 0 Å². The van der Waals surface area contributed by atoms with Gasteiger partial charge in [0, 0.05) is 6.04 Å². The summed E-state index contributed by atoms with van der Waals surface area (Å²) in [6, 6.07) is 0.214. The third-order valence-electron chi connectivity index (χ3n) is 5.34. The Kier molecular flexibility index (Phi) is 3.72. The number of carboxylic acids is 1. The van der Waals surface area contributed by atoms with Crippen molar-refractivity contribution in [3.63, 3.8) is 0 Å². The number of carbonyl (C=O) groups is 1. The van der Waals surface area contributed by atoms with E-state index in [2.05, 4.69) is 33.0 Å². The first kappa shape index (κ1) is 13.9. The summed E-state index contributed by atoms with van der Waals surface area (Å²) in [7, 11) is 0. The number of nitrogens with one attached hydrogen (secondary N) is 1. The maximum absolute atomic E-state index is 11.4. The largest absolute Gasteiger partial charge is 0.481 e. The van der Waals surface area contributed by atoms with Gasteiger partial charge in [-0.05, 0) is 49.0 Å². The Hall–Kier alpha value is -0.570. The SMILES string of the molecule is CC(CNC1C2CCC(C2)C1C(=O)O)C(C)(C)C. The van der Waals surface area contributed by atoms with Crippen molar-refractivity contribution in [1.82, 2.24) is 5.32 Å². The first-order valence-electron chi connectivity index (χ1n) is 7.27. The maximum atomic E-state index is 11.4. The zero-order chi connectivity index (χ0) is 13.5. The van der Waals surface area contributed by atoms with E-state index in [0.29, 0.717) is 17.8 Å². The van der Waals surface area contributed by atoms with Crippen molar-refractivity contribution < 1.29 is 9.90 Å². The highest BCUT2D eigenvalue weighted by atomic mass is 16.4. The van der Waals surface area contributed by atoms with Gasteiger partial charge >= 0.3 is 5.97 Å². The van der Waals surface area contributed by atoms with E-state index < -0.39 is 5.97 Å². The van der Waals surface area contributed by atoms with E-state index in [4.69, 9.17) is 0 Å². The Morgan fingerprint density at radius 1 is 1.33 bits per heavy atom. The molecule has 2 fully saturated rings. The predicted molar refractivity (Wildman–Crippen MR) is 72.4 cm³/mol. The Morgan fingerprint density at radius 3 is 2.50 bits per heavy atom. The number of carboxylic acid groups (broad SMARTS) is 1. The summed E-state index contributed by atoms with van der Waals surface area (Å²) < 4.78 is 0. The molecule has 3 nitrogen and oxygen atoms in total. The topological polar surface area (TPSA) is 49.3 Å². The summed E-state index contributed by atoms with van der Waals surface area (Å²) in [5.74, 6) is 0.850. The molecule has 2 aliphatic carbocycles. The fourth-order valence-electron chi connectivity index (χ4n) is 3.56. The maximum Gasteiger partial charge on any atom is 0.308 e. The molecule has 0 aromatic carbocycles. The van der Waals surface area contributed by atoms with Crippen LogP contribution in [0.1, 0.15) is 47.0 Å². The molecule has 0 amide bonds. The molecule has 0 radical (unpaired) electrons. The van der Waals surface area contributed by atoms with Crippen molar-refractivity contribution in [2.45, 2.75) is 53.0 Å². The number of hydrogen-bond donors (Lipinski definition) is 2. The second-order valence-electron chi connectivity index (χ2n) is 7.40. The molecule has 5 unspecified atom stereocenters. The number of fused-ring (bicyclic) bond motifs is 2. The van der Waals surface area contributed by atoms with Crippen LogP contribution in [0.25, 0.3) is 0 Å². The van der Waals surface area contributed by atoms with Crippen LogP contribution in [0.3, 0.4) is 0 Å². The lowest BCUT2D eigenvalue weighted by Crippen LogP contribution is -2.46. The van der Waals surface area contributed by atoms with Gasteiger partial charge in [0.05, 0.1) is 5.92 Å². The highest BCUT2D eigenvalue weighted by Gasteiger charge is 2.50. The Bertz CT molecular complexity index is 321. The zero-order valence-electron chi connectivity index (χ0n) is 12.1. The second kappa shape index (κ2) is 4.84. The van der Waals surface area contributed by atoms with Gasteiger partial charge in [0.2, 0.25) is 0 Å². The third-order valence-corrected chi connectivity index (χ3v) is 5.34. The van der Waals surface area contributed by atoms with Crippen LogP contribution in [0.2, 0.25) is 0 Å².